The largest absolute Gasteiger partial charge is 1.00 e. The van der Waals surface area contributed by atoms with E-state index < -0.39 is 0 Å². The summed E-state index contributed by atoms with van der Waals surface area (Å²) in [6.07, 6.45) is 13.4. The zero-order valence-corrected chi connectivity index (χ0v) is 20.7. The Morgan fingerprint density at radius 2 is 1.65 bits per heavy atom. The van der Waals surface area contributed by atoms with Crippen LogP contribution in [0.3, 0.4) is 0 Å². The Morgan fingerprint density at radius 1 is 1.15 bits per heavy atom. The SMILES string of the molecule is C#C.C/C=C(\C=C(\F)COc1ccc(C(CC)CC)cc1)[N-]C.CC.[K+]. The second-order valence-electron chi connectivity index (χ2n) is 4.90. The van der Waals surface area contributed by atoms with Gasteiger partial charge in [-0.3, -0.25) is 0 Å². The third kappa shape index (κ3) is 12.7. The molecule has 0 spiro atoms. The summed E-state index contributed by atoms with van der Waals surface area (Å²) < 4.78 is 19.1. The number of likely N-dealkylation sites (N-methyl/N-ethyl adjacent to an activating group) is 1. The van der Waals surface area contributed by atoms with Gasteiger partial charge in [-0.05, 0) is 49.5 Å². The molecule has 0 atom stereocenters. The summed E-state index contributed by atoms with van der Waals surface area (Å²) in [5.74, 6) is 0.931. The van der Waals surface area contributed by atoms with Gasteiger partial charge in [0.1, 0.15) is 18.2 Å². The zero-order chi connectivity index (χ0) is 19.7. The van der Waals surface area contributed by atoms with E-state index in [9.17, 15) is 4.39 Å². The van der Waals surface area contributed by atoms with Crippen molar-refractivity contribution in [1.82, 2.24) is 0 Å². The predicted octanol–water partition coefficient (Wildman–Crippen LogP) is 4.01. The normalized spacial score (nSPS) is 10.5. The first-order chi connectivity index (χ1) is 12.1. The Kier molecular flexibility index (Phi) is 24.1. The van der Waals surface area contributed by atoms with E-state index in [1.807, 2.05) is 32.9 Å². The van der Waals surface area contributed by atoms with Crippen molar-refractivity contribution in [3.63, 3.8) is 0 Å². The van der Waals surface area contributed by atoms with Crippen molar-refractivity contribution in [1.29, 1.82) is 0 Å². The Labute approximate surface area is 203 Å². The first-order valence-electron chi connectivity index (χ1n) is 8.82. The second-order valence-corrected chi connectivity index (χ2v) is 4.90. The molecule has 0 aliphatic heterocycles. The van der Waals surface area contributed by atoms with Crippen molar-refractivity contribution in [3.05, 3.63) is 58.8 Å². The molecule has 0 amide bonds. The number of halogens is 1. The average Bonchev–Trinajstić information content (AvgIpc) is 2.69. The molecule has 0 aromatic heterocycles. The van der Waals surface area contributed by atoms with Crippen LogP contribution in [-0.4, -0.2) is 13.7 Å². The van der Waals surface area contributed by atoms with Crippen molar-refractivity contribution in [2.24, 2.45) is 0 Å². The first-order valence-corrected chi connectivity index (χ1v) is 8.82. The molecule has 1 aromatic carbocycles. The topological polar surface area (TPSA) is 23.3 Å². The van der Waals surface area contributed by atoms with Crippen LogP contribution in [0.25, 0.3) is 5.32 Å². The Balaban J connectivity index is -0.000000985. The summed E-state index contributed by atoms with van der Waals surface area (Å²) in [6.45, 7) is 10.1. The quantitative estimate of drug-likeness (QED) is 0.377. The molecule has 0 bridgehead atoms. The zero-order valence-electron chi connectivity index (χ0n) is 17.6. The van der Waals surface area contributed by atoms with Gasteiger partial charge >= 0.3 is 51.4 Å². The molecule has 0 radical (unpaired) electrons. The number of allylic oxidation sites excluding steroid dienone is 2. The molecule has 1 rings (SSSR count). The summed E-state index contributed by atoms with van der Waals surface area (Å²) in [5, 5.41) is 3.94. The van der Waals surface area contributed by atoms with Crippen molar-refractivity contribution >= 4 is 0 Å². The number of hydrogen-bond donors (Lipinski definition) is 0. The predicted molar refractivity (Wildman–Crippen MR) is 109 cm³/mol. The van der Waals surface area contributed by atoms with Crippen LogP contribution >= 0.6 is 0 Å². The molecule has 0 saturated heterocycles. The minimum Gasteiger partial charge on any atom is -0.687 e. The van der Waals surface area contributed by atoms with Gasteiger partial charge < -0.3 is 10.1 Å². The van der Waals surface area contributed by atoms with Crippen molar-refractivity contribution < 1.29 is 60.5 Å². The van der Waals surface area contributed by atoms with E-state index >= 15 is 0 Å². The molecule has 0 aliphatic carbocycles. The van der Waals surface area contributed by atoms with E-state index in [4.69, 9.17) is 4.74 Å². The fourth-order valence-corrected chi connectivity index (χ4v) is 2.23. The van der Waals surface area contributed by atoms with Crippen LogP contribution in [0.1, 0.15) is 58.9 Å². The molecule has 26 heavy (non-hydrogen) atoms. The fraction of sp³-hybridized carbons (Fsp3) is 0.455. The van der Waals surface area contributed by atoms with E-state index in [1.165, 1.54) is 11.6 Å². The summed E-state index contributed by atoms with van der Waals surface area (Å²) >= 11 is 0. The smallest absolute Gasteiger partial charge is 0.687 e. The van der Waals surface area contributed by atoms with Crippen LogP contribution in [0.15, 0.2) is 47.9 Å². The van der Waals surface area contributed by atoms with Crippen LogP contribution in [0, 0.1) is 12.8 Å². The second kappa shape index (κ2) is 20.7. The molecule has 1 aromatic rings. The molecule has 0 saturated carbocycles. The van der Waals surface area contributed by atoms with Crippen molar-refractivity contribution in [2.75, 3.05) is 13.7 Å². The van der Waals surface area contributed by atoms with Crippen LogP contribution in [0.5, 0.6) is 5.75 Å². The molecular formula is C22H33FKNO. The maximum atomic E-state index is 13.7. The number of rotatable bonds is 8. The van der Waals surface area contributed by atoms with Gasteiger partial charge in [-0.15, -0.1) is 31.7 Å². The average molecular weight is 386 g/mol. The van der Waals surface area contributed by atoms with Gasteiger partial charge in [0, 0.05) is 0 Å². The van der Waals surface area contributed by atoms with Gasteiger partial charge in [-0.2, -0.15) is 0 Å². The Morgan fingerprint density at radius 3 is 2.04 bits per heavy atom. The van der Waals surface area contributed by atoms with Gasteiger partial charge in [-0.1, -0.05) is 39.8 Å². The van der Waals surface area contributed by atoms with E-state index in [-0.39, 0.29) is 63.8 Å². The Hall–Kier alpha value is -0.574. The van der Waals surface area contributed by atoms with E-state index in [2.05, 4.69) is 44.1 Å². The number of hydrogen-bond acceptors (Lipinski definition) is 1. The molecule has 0 fully saturated rings. The summed E-state index contributed by atoms with van der Waals surface area (Å²) in [4.78, 5) is 0. The van der Waals surface area contributed by atoms with Crippen LogP contribution in [0.2, 0.25) is 0 Å². The standard InChI is InChI=1S/C18H25FNO.C2H6.C2H2.K/c1-5-14(6-2)15-8-10-18(11-9-15)21-13-16(19)12-17(7-3)20-4;2*1-2;/h7-12,14H,5-6,13H2,1-4H3;1-2H3;1-2H;/q-1;;;+1/b16-12+,17-7+;;;. The van der Waals surface area contributed by atoms with Crippen molar-refractivity contribution in [2.45, 2.75) is 53.4 Å². The van der Waals surface area contributed by atoms with E-state index in [1.54, 1.807) is 13.1 Å². The van der Waals surface area contributed by atoms with Crippen molar-refractivity contribution in [3.8, 4) is 18.6 Å². The first kappa shape index (κ1) is 30.2. The maximum absolute atomic E-state index is 13.7. The third-order valence-corrected chi connectivity index (χ3v) is 3.57. The van der Waals surface area contributed by atoms with Crippen LogP contribution in [-0.2, 0) is 0 Å². The van der Waals surface area contributed by atoms with Gasteiger partial charge in [0.25, 0.3) is 0 Å². The number of terminal acetylenes is 1. The van der Waals surface area contributed by atoms with Gasteiger partial charge in [0.2, 0.25) is 0 Å². The molecule has 4 heteroatoms. The number of nitrogens with zero attached hydrogens (tertiary/aromatic N) is 1. The molecular weight excluding hydrogens is 352 g/mol. The molecule has 0 heterocycles. The molecule has 0 N–H and O–H groups in total. The molecule has 2 nitrogen and oxygen atoms in total. The summed E-state index contributed by atoms with van der Waals surface area (Å²) in [6, 6.07) is 7.93. The van der Waals surface area contributed by atoms with E-state index in [0.717, 1.165) is 12.8 Å². The minimum absolute atomic E-state index is 0. The van der Waals surface area contributed by atoms with Gasteiger partial charge in [0.05, 0.1) is 0 Å². The van der Waals surface area contributed by atoms with Gasteiger partial charge in [0.15, 0.2) is 0 Å². The van der Waals surface area contributed by atoms with Crippen LogP contribution < -0.4 is 56.1 Å². The van der Waals surface area contributed by atoms with E-state index in [0.29, 0.717) is 17.4 Å². The number of ether oxygens (including phenoxy) is 1. The molecule has 0 unspecified atom stereocenters. The maximum Gasteiger partial charge on any atom is 1.00 e. The number of benzene rings is 1. The summed E-state index contributed by atoms with van der Waals surface area (Å²) in [7, 11) is 1.64. The molecule has 140 valence electrons. The van der Waals surface area contributed by atoms with Crippen LogP contribution in [0.4, 0.5) is 4.39 Å². The summed E-state index contributed by atoms with van der Waals surface area (Å²) in [5.41, 5.74) is 1.92. The van der Waals surface area contributed by atoms with Gasteiger partial charge in [-0.25, -0.2) is 4.39 Å². The fourth-order valence-electron chi connectivity index (χ4n) is 2.23. The third-order valence-electron chi connectivity index (χ3n) is 3.57. The monoisotopic (exact) mass is 385 g/mol. The molecule has 0 aliphatic rings. The minimum atomic E-state index is -0.335. The Bertz CT molecular complexity index is 517.